The molecule has 1 aromatic carbocycles. The number of ether oxygens (including phenoxy) is 1. The molecule has 0 radical (unpaired) electrons. The summed E-state index contributed by atoms with van der Waals surface area (Å²) in [5.74, 6) is 0.556. The average Bonchev–Trinajstić information content (AvgIpc) is 2.36. The fourth-order valence-electron chi connectivity index (χ4n) is 1.46. The van der Waals surface area contributed by atoms with Gasteiger partial charge in [-0.1, -0.05) is 30.7 Å². The molecule has 17 heavy (non-hydrogen) atoms. The highest BCUT2D eigenvalue weighted by atomic mass is 35.5. The number of methoxy groups -OCH3 is 1. The SMILES string of the molecule is CCC(=S)c1cc(OC)c(Cl)cc1N(C)C=O. The zero-order valence-electron chi connectivity index (χ0n) is 9.99. The summed E-state index contributed by atoms with van der Waals surface area (Å²) in [5, 5.41) is 0.457. The van der Waals surface area contributed by atoms with Crippen molar-refractivity contribution in [3.05, 3.63) is 22.7 Å². The molecule has 0 aromatic heterocycles. The smallest absolute Gasteiger partial charge is 0.213 e. The maximum Gasteiger partial charge on any atom is 0.213 e. The van der Waals surface area contributed by atoms with Crippen LogP contribution in [-0.4, -0.2) is 25.4 Å². The number of halogens is 1. The first kappa shape index (κ1) is 13.9. The Hall–Kier alpha value is -1.13. The van der Waals surface area contributed by atoms with Crippen molar-refractivity contribution in [1.82, 2.24) is 0 Å². The van der Waals surface area contributed by atoms with Crippen molar-refractivity contribution >= 4 is 40.8 Å². The maximum absolute atomic E-state index is 10.8. The van der Waals surface area contributed by atoms with Gasteiger partial charge in [0.15, 0.2) is 0 Å². The minimum Gasteiger partial charge on any atom is -0.495 e. The summed E-state index contributed by atoms with van der Waals surface area (Å²) in [6.45, 7) is 1.97. The monoisotopic (exact) mass is 271 g/mol. The number of hydrogen-bond donors (Lipinski definition) is 0. The number of amides is 1. The second kappa shape index (κ2) is 5.98. The average molecular weight is 272 g/mol. The highest BCUT2D eigenvalue weighted by Crippen LogP contribution is 2.33. The molecule has 1 rings (SSSR count). The highest BCUT2D eigenvalue weighted by Gasteiger charge is 2.14. The minimum absolute atomic E-state index is 0.457. The fraction of sp³-hybridized carbons (Fsp3) is 0.333. The molecular weight excluding hydrogens is 258 g/mol. The van der Waals surface area contributed by atoms with Crippen LogP contribution in [0, 0.1) is 0 Å². The van der Waals surface area contributed by atoms with Crippen molar-refractivity contribution < 1.29 is 9.53 Å². The zero-order chi connectivity index (χ0) is 13.0. The van der Waals surface area contributed by atoms with Crippen LogP contribution in [0.3, 0.4) is 0 Å². The van der Waals surface area contributed by atoms with Gasteiger partial charge in [0.05, 0.1) is 17.8 Å². The molecule has 0 fully saturated rings. The van der Waals surface area contributed by atoms with Crippen LogP contribution in [0.25, 0.3) is 0 Å². The Bertz CT molecular complexity index is 448. The molecular formula is C12H14ClNO2S. The second-order valence-corrected chi connectivity index (χ2v) is 4.40. The maximum atomic E-state index is 10.8. The Kier molecular flexibility index (Phi) is 4.90. The number of thiocarbonyl (C=S) groups is 1. The number of nitrogens with zero attached hydrogens (tertiary/aromatic N) is 1. The van der Waals surface area contributed by atoms with Crippen LogP contribution < -0.4 is 9.64 Å². The third-order valence-electron chi connectivity index (χ3n) is 2.43. The van der Waals surface area contributed by atoms with Gasteiger partial charge in [0, 0.05) is 17.5 Å². The van der Waals surface area contributed by atoms with E-state index in [0.29, 0.717) is 16.5 Å². The van der Waals surface area contributed by atoms with E-state index in [2.05, 4.69) is 0 Å². The van der Waals surface area contributed by atoms with E-state index in [1.54, 1.807) is 26.3 Å². The number of benzene rings is 1. The fourth-order valence-corrected chi connectivity index (χ4v) is 1.86. The van der Waals surface area contributed by atoms with Gasteiger partial charge in [-0.2, -0.15) is 0 Å². The lowest BCUT2D eigenvalue weighted by atomic mass is 10.1. The van der Waals surface area contributed by atoms with Crippen molar-refractivity contribution in [2.24, 2.45) is 0 Å². The van der Waals surface area contributed by atoms with Crippen LogP contribution in [0.15, 0.2) is 12.1 Å². The zero-order valence-corrected chi connectivity index (χ0v) is 11.6. The normalized spacial score (nSPS) is 9.88. The molecule has 1 aromatic rings. The van der Waals surface area contributed by atoms with Crippen LogP contribution in [0.5, 0.6) is 5.75 Å². The van der Waals surface area contributed by atoms with Gasteiger partial charge in [0.2, 0.25) is 6.41 Å². The number of rotatable bonds is 5. The van der Waals surface area contributed by atoms with Crippen molar-refractivity contribution in [2.45, 2.75) is 13.3 Å². The Morgan fingerprint density at radius 3 is 2.71 bits per heavy atom. The lowest BCUT2D eigenvalue weighted by molar-refractivity contribution is -0.107. The largest absolute Gasteiger partial charge is 0.495 e. The number of anilines is 1. The van der Waals surface area contributed by atoms with Crippen LogP contribution >= 0.6 is 23.8 Å². The van der Waals surface area contributed by atoms with Gasteiger partial charge in [-0.15, -0.1) is 0 Å². The molecule has 0 aliphatic carbocycles. The van der Waals surface area contributed by atoms with E-state index in [1.807, 2.05) is 6.92 Å². The molecule has 0 saturated heterocycles. The minimum atomic E-state index is 0.457. The molecule has 3 nitrogen and oxygen atoms in total. The Labute approximate surface area is 111 Å². The number of carbonyl (C=O) groups is 1. The molecule has 0 bridgehead atoms. The van der Waals surface area contributed by atoms with E-state index in [1.165, 1.54) is 4.90 Å². The van der Waals surface area contributed by atoms with Crippen molar-refractivity contribution in [3.63, 3.8) is 0 Å². The van der Waals surface area contributed by atoms with Gasteiger partial charge in [0.25, 0.3) is 0 Å². The topological polar surface area (TPSA) is 29.5 Å². The molecule has 5 heteroatoms. The first-order valence-corrected chi connectivity index (χ1v) is 5.92. The molecule has 0 spiro atoms. The van der Waals surface area contributed by atoms with E-state index in [4.69, 9.17) is 28.6 Å². The van der Waals surface area contributed by atoms with Crippen LogP contribution in [0.1, 0.15) is 18.9 Å². The second-order valence-electron chi connectivity index (χ2n) is 3.50. The summed E-state index contributed by atoms with van der Waals surface area (Å²) in [4.78, 5) is 13.1. The van der Waals surface area contributed by atoms with E-state index in [-0.39, 0.29) is 0 Å². The molecule has 0 aliphatic heterocycles. The van der Waals surface area contributed by atoms with Gasteiger partial charge < -0.3 is 9.64 Å². The van der Waals surface area contributed by atoms with E-state index < -0.39 is 0 Å². The Balaban J connectivity index is 3.40. The van der Waals surface area contributed by atoms with Crippen LogP contribution in [0.2, 0.25) is 5.02 Å². The van der Waals surface area contributed by atoms with Gasteiger partial charge in [-0.05, 0) is 18.6 Å². The first-order valence-electron chi connectivity index (χ1n) is 5.14. The summed E-state index contributed by atoms with van der Waals surface area (Å²) in [6.07, 6.45) is 1.44. The molecule has 0 aliphatic rings. The van der Waals surface area contributed by atoms with Crippen molar-refractivity contribution in [2.75, 3.05) is 19.1 Å². The highest BCUT2D eigenvalue weighted by molar-refractivity contribution is 7.80. The van der Waals surface area contributed by atoms with Crippen molar-refractivity contribution in [1.29, 1.82) is 0 Å². The lowest BCUT2D eigenvalue weighted by Gasteiger charge is -2.18. The molecule has 1 amide bonds. The summed E-state index contributed by atoms with van der Waals surface area (Å²) in [6, 6.07) is 3.45. The van der Waals surface area contributed by atoms with E-state index in [9.17, 15) is 4.79 Å². The number of carbonyl (C=O) groups excluding carboxylic acids is 1. The Morgan fingerprint density at radius 1 is 1.59 bits per heavy atom. The molecule has 0 unspecified atom stereocenters. The van der Waals surface area contributed by atoms with Crippen LogP contribution in [0.4, 0.5) is 5.69 Å². The van der Waals surface area contributed by atoms with Gasteiger partial charge in [0.1, 0.15) is 5.75 Å². The van der Waals surface area contributed by atoms with E-state index in [0.717, 1.165) is 23.3 Å². The predicted molar refractivity (Wildman–Crippen MR) is 74.5 cm³/mol. The summed E-state index contributed by atoms with van der Waals surface area (Å²) in [5.41, 5.74) is 1.50. The molecule has 0 heterocycles. The third kappa shape index (κ3) is 2.96. The van der Waals surface area contributed by atoms with Gasteiger partial charge in [-0.3, -0.25) is 4.79 Å². The first-order chi connectivity index (χ1) is 8.04. The third-order valence-corrected chi connectivity index (χ3v) is 3.23. The standard InChI is InChI=1S/C12H14ClNO2S/c1-4-12(17)8-5-11(16-3)9(13)6-10(8)14(2)7-15/h5-7H,4H2,1-3H3. The van der Waals surface area contributed by atoms with Gasteiger partial charge >= 0.3 is 0 Å². The van der Waals surface area contributed by atoms with Gasteiger partial charge in [-0.25, -0.2) is 0 Å². The number of hydrogen-bond acceptors (Lipinski definition) is 3. The quantitative estimate of drug-likeness (QED) is 0.468. The van der Waals surface area contributed by atoms with Crippen LogP contribution in [-0.2, 0) is 4.79 Å². The molecule has 0 saturated carbocycles. The molecule has 0 N–H and O–H groups in total. The summed E-state index contributed by atoms with van der Waals surface area (Å²) < 4.78 is 5.15. The van der Waals surface area contributed by atoms with Crippen molar-refractivity contribution in [3.8, 4) is 5.75 Å². The molecule has 0 atom stereocenters. The molecule has 92 valence electrons. The summed E-state index contributed by atoms with van der Waals surface area (Å²) >= 11 is 11.3. The lowest BCUT2D eigenvalue weighted by Crippen LogP contribution is -2.17. The predicted octanol–water partition coefficient (Wildman–Crippen LogP) is 3.07. The summed E-state index contributed by atoms with van der Waals surface area (Å²) in [7, 11) is 3.20. The van der Waals surface area contributed by atoms with E-state index >= 15 is 0 Å². The Morgan fingerprint density at radius 2 is 2.24 bits per heavy atom.